The fourth-order valence-electron chi connectivity index (χ4n) is 3.90. The van der Waals surface area contributed by atoms with E-state index in [1.165, 1.54) is 0 Å². The zero-order chi connectivity index (χ0) is 19.4. The van der Waals surface area contributed by atoms with Crippen molar-refractivity contribution in [2.75, 3.05) is 0 Å². The van der Waals surface area contributed by atoms with Crippen LogP contribution < -0.4 is 0 Å². The molecule has 27 heavy (non-hydrogen) atoms. The number of hydrogen-bond donors (Lipinski definition) is 1. The molecule has 2 aromatic carbocycles. The van der Waals surface area contributed by atoms with E-state index in [0.717, 1.165) is 27.9 Å². The maximum atomic E-state index is 12.4. The topological polar surface area (TPSA) is 42.2 Å². The van der Waals surface area contributed by atoms with Gasteiger partial charge in [0.2, 0.25) is 0 Å². The van der Waals surface area contributed by atoms with Crippen LogP contribution >= 0.6 is 27.5 Å². The smallest absolute Gasteiger partial charge is 0.327 e. The van der Waals surface area contributed by atoms with Gasteiger partial charge in [-0.3, -0.25) is 4.79 Å². The molecule has 1 aliphatic heterocycles. The summed E-state index contributed by atoms with van der Waals surface area (Å²) in [6, 6.07) is 17.4. The fourth-order valence-corrected chi connectivity index (χ4v) is 4.57. The molecule has 0 bridgehead atoms. The predicted octanol–water partition coefficient (Wildman–Crippen LogP) is 5.99. The summed E-state index contributed by atoms with van der Waals surface area (Å²) in [6.07, 6.45) is 3.44. The zero-order valence-corrected chi connectivity index (χ0v) is 17.3. The molecule has 1 atom stereocenters. The number of halogens is 2. The van der Waals surface area contributed by atoms with Crippen molar-refractivity contribution in [2.24, 2.45) is 5.41 Å². The van der Waals surface area contributed by atoms with Gasteiger partial charge in [-0.15, -0.1) is 0 Å². The Morgan fingerprint density at radius 1 is 1.11 bits per heavy atom. The number of carboxylic acid groups (broad SMARTS) is 1. The van der Waals surface area contributed by atoms with Crippen LogP contribution in [0.4, 0.5) is 0 Å². The van der Waals surface area contributed by atoms with Crippen LogP contribution in [0.2, 0.25) is 5.02 Å². The highest BCUT2D eigenvalue weighted by atomic mass is 79.9. The third-order valence-corrected chi connectivity index (χ3v) is 7.35. The maximum Gasteiger partial charge on any atom is 0.327 e. The molecular weight excluding hydrogens is 426 g/mol. The Kier molecular flexibility index (Phi) is 4.24. The van der Waals surface area contributed by atoms with Crippen molar-refractivity contribution >= 4 is 33.5 Å². The number of aromatic nitrogens is 1. The molecule has 3 aromatic rings. The summed E-state index contributed by atoms with van der Waals surface area (Å²) in [5, 5.41) is 10.8. The molecule has 3 nitrogen and oxygen atoms in total. The average Bonchev–Trinajstić information content (AvgIpc) is 3.09. The van der Waals surface area contributed by atoms with E-state index >= 15 is 0 Å². The Hall–Kier alpha value is -2.04. The number of hydrogen-bond acceptors (Lipinski definition) is 1. The third kappa shape index (κ3) is 2.66. The standard InChI is InChI=1S/C22H18BrClNO2/c1-21(2)13-25-12-17(14-8-10-16(24)11-9-14)18(15-6-4-3-5-7-15)19(25)22(21,23)20(26)27/h3-11H,13H2,1-2H3,(H,26,27). The van der Waals surface area contributed by atoms with E-state index in [4.69, 9.17) is 11.6 Å². The van der Waals surface area contributed by atoms with Crippen molar-refractivity contribution in [3.63, 3.8) is 0 Å². The maximum absolute atomic E-state index is 12.4. The van der Waals surface area contributed by atoms with Gasteiger partial charge in [0.25, 0.3) is 0 Å². The van der Waals surface area contributed by atoms with E-state index < -0.39 is 15.7 Å². The van der Waals surface area contributed by atoms with Gasteiger partial charge in [0.05, 0.1) is 11.9 Å². The van der Waals surface area contributed by atoms with Crippen LogP contribution in [0.5, 0.6) is 0 Å². The molecule has 1 unspecified atom stereocenters. The lowest BCUT2D eigenvalue weighted by molar-refractivity contribution is -0.142. The molecule has 0 spiro atoms. The highest BCUT2D eigenvalue weighted by Gasteiger charge is 2.58. The van der Waals surface area contributed by atoms with Gasteiger partial charge in [-0.2, -0.15) is 0 Å². The summed E-state index contributed by atoms with van der Waals surface area (Å²) in [5.74, 6) is -0.891. The van der Waals surface area contributed by atoms with Crippen LogP contribution in [0.1, 0.15) is 19.5 Å². The minimum Gasteiger partial charge on any atom is -0.480 e. The van der Waals surface area contributed by atoms with Gasteiger partial charge in [0, 0.05) is 28.1 Å². The highest BCUT2D eigenvalue weighted by molar-refractivity contribution is 9.10. The Morgan fingerprint density at radius 2 is 1.74 bits per heavy atom. The Morgan fingerprint density at radius 3 is 2.33 bits per heavy atom. The normalized spacial score (nSPS) is 20.4. The van der Waals surface area contributed by atoms with E-state index in [2.05, 4.69) is 22.1 Å². The number of aliphatic carboxylic acids is 1. The van der Waals surface area contributed by atoms with Gasteiger partial charge in [-0.1, -0.05) is 83.8 Å². The average molecular weight is 444 g/mol. The van der Waals surface area contributed by atoms with Gasteiger partial charge >= 0.3 is 5.97 Å². The van der Waals surface area contributed by atoms with Crippen molar-refractivity contribution in [2.45, 2.75) is 24.7 Å². The van der Waals surface area contributed by atoms with Gasteiger partial charge in [0.1, 0.15) is 0 Å². The van der Waals surface area contributed by atoms with Crippen molar-refractivity contribution in [3.8, 4) is 22.3 Å². The number of benzene rings is 2. The third-order valence-electron chi connectivity index (χ3n) is 5.31. The number of rotatable bonds is 3. The van der Waals surface area contributed by atoms with Gasteiger partial charge in [-0.05, 0) is 23.3 Å². The predicted molar refractivity (Wildman–Crippen MR) is 111 cm³/mol. The number of fused-ring (bicyclic) bond motifs is 1. The summed E-state index contributed by atoms with van der Waals surface area (Å²) < 4.78 is 0.751. The van der Waals surface area contributed by atoms with E-state index in [9.17, 15) is 9.90 Å². The lowest BCUT2D eigenvalue weighted by Gasteiger charge is -2.32. The Bertz CT molecular complexity index is 1020. The van der Waals surface area contributed by atoms with E-state index in [1.54, 1.807) is 0 Å². The molecule has 137 valence electrons. The Labute approximate surface area is 171 Å². The summed E-state index contributed by atoms with van der Waals surface area (Å²) >= 11 is 9.67. The highest BCUT2D eigenvalue weighted by Crippen LogP contribution is 2.58. The molecule has 0 aliphatic carbocycles. The van der Waals surface area contributed by atoms with Crippen molar-refractivity contribution in [1.29, 1.82) is 0 Å². The molecule has 1 aliphatic rings. The SMILES string of the molecule is CC1(C)Cn2[c]c(-c3ccc(Cl)cc3)c(-c3ccccc3)c2C1(Br)C(=O)O. The first kappa shape index (κ1) is 18.3. The van der Waals surface area contributed by atoms with Crippen molar-refractivity contribution in [3.05, 3.63) is 71.5 Å². The molecule has 0 saturated carbocycles. The fraction of sp³-hybridized carbons (Fsp3) is 0.227. The molecule has 1 radical (unpaired) electrons. The first-order valence-corrected chi connectivity index (χ1v) is 9.83. The number of carboxylic acids is 1. The van der Waals surface area contributed by atoms with Crippen LogP contribution in [0.25, 0.3) is 22.3 Å². The number of alkyl halides is 1. The summed E-state index contributed by atoms with van der Waals surface area (Å²) in [7, 11) is 0. The molecule has 0 fully saturated rings. The second-order valence-corrected chi connectivity index (χ2v) is 9.14. The zero-order valence-electron chi connectivity index (χ0n) is 15.0. The second-order valence-electron chi connectivity index (χ2n) is 7.52. The minimum atomic E-state index is -1.20. The van der Waals surface area contributed by atoms with Crippen molar-refractivity contribution < 1.29 is 9.90 Å². The van der Waals surface area contributed by atoms with Gasteiger partial charge in [-0.25, -0.2) is 0 Å². The number of carbonyl (C=O) groups is 1. The van der Waals surface area contributed by atoms with E-state index in [1.807, 2.05) is 73.0 Å². The molecule has 1 aromatic heterocycles. The molecular formula is C22H18BrClNO2. The molecule has 2 heterocycles. The minimum absolute atomic E-state index is 0.507. The van der Waals surface area contributed by atoms with Crippen LogP contribution in [-0.4, -0.2) is 15.6 Å². The quantitative estimate of drug-likeness (QED) is 0.505. The molecule has 4 rings (SSSR count). The molecule has 0 saturated heterocycles. The first-order chi connectivity index (χ1) is 12.8. The van der Waals surface area contributed by atoms with Gasteiger partial charge < -0.3 is 9.67 Å². The largest absolute Gasteiger partial charge is 0.480 e. The Balaban J connectivity index is 2.05. The first-order valence-electron chi connectivity index (χ1n) is 8.65. The van der Waals surface area contributed by atoms with Gasteiger partial charge in [0.15, 0.2) is 4.32 Å². The van der Waals surface area contributed by atoms with Crippen LogP contribution in [0.3, 0.4) is 0 Å². The van der Waals surface area contributed by atoms with E-state index in [0.29, 0.717) is 11.6 Å². The summed E-state index contributed by atoms with van der Waals surface area (Å²) in [6.45, 7) is 4.49. The molecule has 1 N–H and O–H groups in total. The van der Waals surface area contributed by atoms with Crippen molar-refractivity contribution in [1.82, 2.24) is 4.57 Å². The molecule has 0 amide bonds. The monoisotopic (exact) mass is 442 g/mol. The van der Waals surface area contributed by atoms with Crippen LogP contribution in [0, 0.1) is 11.6 Å². The van der Waals surface area contributed by atoms with E-state index in [-0.39, 0.29) is 0 Å². The molecule has 5 heteroatoms. The van der Waals surface area contributed by atoms with Crippen LogP contribution in [0.15, 0.2) is 54.6 Å². The summed E-state index contributed by atoms with van der Waals surface area (Å²) in [4.78, 5) is 12.4. The number of nitrogens with zero attached hydrogens (tertiary/aromatic N) is 1. The lowest BCUT2D eigenvalue weighted by Crippen LogP contribution is -2.40. The lowest BCUT2D eigenvalue weighted by atomic mass is 9.77. The summed E-state index contributed by atoms with van der Waals surface area (Å²) in [5.41, 5.74) is 3.92. The second kappa shape index (κ2) is 6.25. The van der Waals surface area contributed by atoms with Crippen LogP contribution in [-0.2, 0) is 15.7 Å².